The summed E-state index contributed by atoms with van der Waals surface area (Å²) in [6.45, 7) is 6.70. The second-order valence-electron chi connectivity index (χ2n) is 10.1. The Balaban J connectivity index is 1.47. The molecule has 1 amide bonds. The molecule has 1 N–H and O–H groups in total. The van der Waals surface area contributed by atoms with Gasteiger partial charge in [-0.15, -0.1) is 0 Å². The molecule has 12 heteroatoms. The van der Waals surface area contributed by atoms with Gasteiger partial charge < -0.3 is 15.1 Å². The van der Waals surface area contributed by atoms with E-state index in [-0.39, 0.29) is 24.2 Å². The fourth-order valence-corrected chi connectivity index (χ4v) is 5.61. The zero-order valence-electron chi connectivity index (χ0n) is 19.8. The molecule has 3 saturated heterocycles. The maximum atomic E-state index is 13.8. The number of nitrogens with zero attached hydrogens (tertiary/aromatic N) is 5. The van der Waals surface area contributed by atoms with Gasteiger partial charge in [-0.1, -0.05) is 6.58 Å². The van der Waals surface area contributed by atoms with Crippen molar-refractivity contribution in [3.63, 3.8) is 0 Å². The van der Waals surface area contributed by atoms with Crippen molar-refractivity contribution in [2.75, 3.05) is 44.2 Å². The molecule has 8 nitrogen and oxygen atoms in total. The second kappa shape index (κ2) is 8.17. The highest BCUT2D eigenvalue weighted by Crippen LogP contribution is 2.40. The first-order chi connectivity index (χ1) is 17.6. The fraction of sp³-hybridized carbons (Fsp3) is 0.400. The third-order valence-corrected chi connectivity index (χ3v) is 7.71. The molecule has 6 rings (SSSR count). The van der Waals surface area contributed by atoms with Gasteiger partial charge in [-0.25, -0.2) is 18.7 Å². The van der Waals surface area contributed by atoms with Crippen molar-refractivity contribution in [2.24, 2.45) is 5.41 Å². The van der Waals surface area contributed by atoms with Crippen molar-refractivity contribution in [1.82, 2.24) is 24.3 Å². The van der Waals surface area contributed by atoms with Crippen LogP contribution in [-0.4, -0.2) is 64.2 Å². The van der Waals surface area contributed by atoms with Crippen LogP contribution < -0.4 is 15.9 Å². The predicted molar refractivity (Wildman–Crippen MR) is 128 cm³/mol. The van der Waals surface area contributed by atoms with Crippen molar-refractivity contribution in [3.8, 4) is 5.69 Å². The van der Waals surface area contributed by atoms with Gasteiger partial charge in [0.15, 0.2) is 11.5 Å². The smallest absolute Gasteiger partial charge is 0.369 e. The number of aromatic nitrogens is 3. The summed E-state index contributed by atoms with van der Waals surface area (Å²) in [5.41, 5.74) is 0.788. The molecule has 1 aromatic carbocycles. The summed E-state index contributed by atoms with van der Waals surface area (Å²) >= 11 is 0. The van der Waals surface area contributed by atoms with E-state index in [1.807, 2.05) is 6.07 Å². The zero-order chi connectivity index (χ0) is 26.1. The van der Waals surface area contributed by atoms with E-state index in [2.05, 4.69) is 21.8 Å². The van der Waals surface area contributed by atoms with Crippen molar-refractivity contribution in [3.05, 3.63) is 65.0 Å². The zero-order valence-corrected chi connectivity index (χ0v) is 19.8. The van der Waals surface area contributed by atoms with Gasteiger partial charge in [0, 0.05) is 50.9 Å². The Hall–Kier alpha value is -3.67. The van der Waals surface area contributed by atoms with Crippen molar-refractivity contribution >= 4 is 22.8 Å². The minimum Gasteiger partial charge on any atom is -0.369 e. The molecular formula is C25H24F4N6O2. The largest absolute Gasteiger partial charge is 0.416 e. The molecule has 37 heavy (non-hydrogen) atoms. The maximum Gasteiger partial charge on any atom is 0.416 e. The van der Waals surface area contributed by atoms with Gasteiger partial charge in [0.2, 0.25) is 0 Å². The Morgan fingerprint density at radius 2 is 1.84 bits per heavy atom. The Kier molecular flexibility index (Phi) is 5.23. The summed E-state index contributed by atoms with van der Waals surface area (Å²) in [6.07, 6.45) is -1.92. The van der Waals surface area contributed by atoms with E-state index < -0.39 is 35.2 Å². The summed E-state index contributed by atoms with van der Waals surface area (Å²) in [7, 11) is 0. The van der Waals surface area contributed by atoms with Crippen LogP contribution in [0.1, 0.15) is 18.0 Å². The van der Waals surface area contributed by atoms with Gasteiger partial charge in [0.25, 0.3) is 5.91 Å². The molecule has 3 aromatic rings. The highest BCUT2D eigenvalue weighted by Gasteiger charge is 2.44. The van der Waals surface area contributed by atoms with Crippen LogP contribution in [0.2, 0.25) is 0 Å². The molecule has 3 aliphatic rings. The summed E-state index contributed by atoms with van der Waals surface area (Å²) in [6, 6.07) is 5.75. The lowest BCUT2D eigenvalue weighted by molar-refractivity contribution is -0.137. The standard InChI is InChI=1S/C25H24F4N6O2/c1-15(26)22(36)33-10-18(11-33)34-20-19(32-9-7-24(14-32)12-30-13-24)6-8-31-21(20)35(23(34)37)17-4-2-16(3-5-17)25(27,28)29/h2-6,8,18,30H,1,7,9-14H2. The minimum absolute atomic E-state index is 0.107. The lowest BCUT2D eigenvalue weighted by atomic mass is 9.81. The topological polar surface area (TPSA) is 75.4 Å². The Morgan fingerprint density at radius 3 is 2.41 bits per heavy atom. The molecule has 0 unspecified atom stereocenters. The number of rotatable bonds is 4. The number of imidazole rings is 1. The number of anilines is 1. The van der Waals surface area contributed by atoms with Crippen LogP contribution in [0.25, 0.3) is 16.9 Å². The molecule has 0 radical (unpaired) electrons. The van der Waals surface area contributed by atoms with Crippen molar-refractivity contribution < 1.29 is 22.4 Å². The molecule has 0 bridgehead atoms. The summed E-state index contributed by atoms with van der Waals surface area (Å²) in [4.78, 5) is 33.8. The number of hydrogen-bond donors (Lipinski definition) is 1. The average molecular weight is 516 g/mol. The number of benzene rings is 1. The molecule has 3 aliphatic heterocycles. The number of amides is 1. The van der Waals surface area contributed by atoms with E-state index >= 15 is 0 Å². The van der Waals surface area contributed by atoms with Crippen LogP contribution in [0, 0.1) is 5.41 Å². The van der Waals surface area contributed by atoms with Crippen LogP contribution in [0.5, 0.6) is 0 Å². The number of alkyl halides is 3. The number of halogens is 4. The molecule has 3 fully saturated rings. The number of fused-ring (bicyclic) bond motifs is 1. The quantitative estimate of drug-likeness (QED) is 0.427. The summed E-state index contributed by atoms with van der Waals surface area (Å²) in [5, 5.41) is 3.32. The van der Waals surface area contributed by atoms with E-state index in [4.69, 9.17) is 0 Å². The number of hydrogen-bond acceptors (Lipinski definition) is 5. The van der Waals surface area contributed by atoms with Crippen LogP contribution >= 0.6 is 0 Å². The van der Waals surface area contributed by atoms with Gasteiger partial charge in [-0.3, -0.25) is 9.36 Å². The van der Waals surface area contributed by atoms with Gasteiger partial charge in [-0.05, 0) is 36.8 Å². The monoisotopic (exact) mass is 516 g/mol. The van der Waals surface area contributed by atoms with E-state index in [0.29, 0.717) is 11.2 Å². The van der Waals surface area contributed by atoms with E-state index in [9.17, 15) is 27.2 Å². The first-order valence-corrected chi connectivity index (χ1v) is 12.0. The maximum absolute atomic E-state index is 13.8. The van der Waals surface area contributed by atoms with Gasteiger partial charge in [-0.2, -0.15) is 13.2 Å². The lowest BCUT2D eigenvalue weighted by Crippen LogP contribution is -2.54. The van der Waals surface area contributed by atoms with Crippen LogP contribution in [0.3, 0.4) is 0 Å². The number of carbonyl (C=O) groups is 1. The normalized spacial score (nSPS) is 19.4. The van der Waals surface area contributed by atoms with E-state index in [0.717, 1.165) is 50.4 Å². The molecule has 0 atom stereocenters. The number of likely N-dealkylation sites (tertiary alicyclic amines) is 1. The van der Waals surface area contributed by atoms with Crippen molar-refractivity contribution in [1.29, 1.82) is 0 Å². The predicted octanol–water partition coefficient (Wildman–Crippen LogP) is 2.87. The number of carbonyl (C=O) groups excluding carboxylic acids is 1. The highest BCUT2D eigenvalue weighted by atomic mass is 19.4. The number of nitrogens with one attached hydrogen (secondary N) is 1. The summed E-state index contributed by atoms with van der Waals surface area (Å²) < 4.78 is 55.7. The molecule has 0 saturated carbocycles. The molecule has 1 spiro atoms. The van der Waals surface area contributed by atoms with E-state index in [1.165, 1.54) is 21.6 Å². The highest BCUT2D eigenvalue weighted by molar-refractivity contribution is 5.92. The number of pyridine rings is 1. The molecule has 0 aliphatic carbocycles. The second-order valence-corrected chi connectivity index (χ2v) is 10.1. The van der Waals surface area contributed by atoms with Gasteiger partial charge >= 0.3 is 11.9 Å². The van der Waals surface area contributed by atoms with Crippen LogP contribution in [0.4, 0.5) is 23.2 Å². The Morgan fingerprint density at radius 1 is 1.14 bits per heavy atom. The molecule has 5 heterocycles. The summed E-state index contributed by atoms with van der Waals surface area (Å²) in [5.74, 6) is -1.90. The molecule has 2 aromatic heterocycles. The Labute approximate surface area is 208 Å². The van der Waals surface area contributed by atoms with Crippen LogP contribution in [0.15, 0.2) is 53.7 Å². The van der Waals surface area contributed by atoms with Crippen molar-refractivity contribution in [2.45, 2.75) is 18.6 Å². The van der Waals surface area contributed by atoms with Gasteiger partial charge in [0.05, 0.1) is 23.0 Å². The Bertz CT molecular complexity index is 1470. The first kappa shape index (κ1) is 23.7. The fourth-order valence-electron chi connectivity index (χ4n) is 5.61. The third-order valence-electron chi connectivity index (χ3n) is 7.71. The third kappa shape index (κ3) is 3.73. The first-order valence-electron chi connectivity index (χ1n) is 12.0. The molecule has 194 valence electrons. The van der Waals surface area contributed by atoms with E-state index in [1.54, 1.807) is 10.8 Å². The minimum atomic E-state index is -4.51. The lowest BCUT2D eigenvalue weighted by Gasteiger charge is -2.40. The van der Waals surface area contributed by atoms with Gasteiger partial charge in [0.1, 0.15) is 5.52 Å². The SMILES string of the molecule is C=C(F)C(=O)N1CC(n2c(=O)n(-c3ccc(C(F)(F)F)cc3)c3nccc(N4CCC5(CNC5)C4)c32)C1. The van der Waals surface area contributed by atoms with Crippen LogP contribution in [-0.2, 0) is 11.0 Å². The molecular weight excluding hydrogens is 492 g/mol. The average Bonchev–Trinajstić information content (AvgIpc) is 3.38.